The number of rotatable bonds is 7. The maximum Gasteiger partial charge on any atom is 0.259 e. The molecule has 0 atom stereocenters. The van der Waals surface area contributed by atoms with E-state index in [1.165, 1.54) is 29.6 Å². The van der Waals surface area contributed by atoms with Gasteiger partial charge < -0.3 is 14.8 Å². The molecule has 0 unspecified atom stereocenters. The Bertz CT molecular complexity index is 1250. The third-order valence-corrected chi connectivity index (χ3v) is 7.80. The SMILES string of the molecule is COc1ccc(S(=O)(=O)N2CCC(C)CC2)cc1C(=O)Nc1ccccc1Oc1ccccc1. The van der Waals surface area contributed by atoms with Crippen molar-refractivity contribution in [1.29, 1.82) is 0 Å². The third kappa shape index (κ3) is 5.24. The first-order valence-corrected chi connectivity index (χ1v) is 12.6. The third-order valence-electron chi connectivity index (χ3n) is 5.90. The Kier molecular flexibility index (Phi) is 7.19. The van der Waals surface area contributed by atoms with Gasteiger partial charge in [0.15, 0.2) is 5.75 Å². The Balaban J connectivity index is 1.60. The fourth-order valence-electron chi connectivity index (χ4n) is 3.86. The molecule has 0 aromatic heterocycles. The molecule has 0 saturated carbocycles. The van der Waals surface area contributed by atoms with Gasteiger partial charge in [-0.2, -0.15) is 4.31 Å². The van der Waals surface area contributed by atoms with Crippen LogP contribution in [0, 0.1) is 5.92 Å². The number of carbonyl (C=O) groups excluding carboxylic acids is 1. The molecule has 1 heterocycles. The average molecular weight is 481 g/mol. The number of para-hydroxylation sites is 3. The maximum atomic E-state index is 13.2. The summed E-state index contributed by atoms with van der Waals surface area (Å²) in [7, 11) is -2.27. The number of nitrogens with one attached hydrogen (secondary N) is 1. The number of ether oxygens (including phenoxy) is 2. The Morgan fingerprint density at radius 3 is 2.32 bits per heavy atom. The summed E-state index contributed by atoms with van der Waals surface area (Å²) in [6.07, 6.45) is 1.64. The molecule has 178 valence electrons. The number of sulfonamides is 1. The highest BCUT2D eigenvalue weighted by atomic mass is 32.2. The van der Waals surface area contributed by atoms with Crippen molar-refractivity contribution in [2.24, 2.45) is 5.92 Å². The van der Waals surface area contributed by atoms with Crippen LogP contribution in [0.15, 0.2) is 77.7 Å². The number of piperidine rings is 1. The quantitative estimate of drug-likeness (QED) is 0.505. The largest absolute Gasteiger partial charge is 0.496 e. The van der Waals surface area contributed by atoms with E-state index in [1.54, 1.807) is 24.3 Å². The van der Waals surface area contributed by atoms with E-state index < -0.39 is 15.9 Å². The van der Waals surface area contributed by atoms with Gasteiger partial charge in [-0.25, -0.2) is 8.42 Å². The summed E-state index contributed by atoms with van der Waals surface area (Å²) in [6.45, 7) is 3.07. The first-order valence-electron chi connectivity index (χ1n) is 11.2. The lowest BCUT2D eigenvalue weighted by atomic mass is 10.0. The van der Waals surface area contributed by atoms with Gasteiger partial charge in [0.2, 0.25) is 10.0 Å². The molecule has 8 heteroatoms. The molecule has 4 rings (SSSR count). The lowest BCUT2D eigenvalue weighted by Gasteiger charge is -2.29. The van der Waals surface area contributed by atoms with Gasteiger partial charge in [0.05, 0.1) is 23.3 Å². The minimum atomic E-state index is -3.72. The van der Waals surface area contributed by atoms with Crippen LogP contribution in [0.3, 0.4) is 0 Å². The molecule has 0 aliphatic carbocycles. The molecule has 7 nitrogen and oxygen atoms in total. The smallest absolute Gasteiger partial charge is 0.259 e. The zero-order chi connectivity index (χ0) is 24.1. The van der Waals surface area contributed by atoms with Gasteiger partial charge in [0.1, 0.15) is 11.5 Å². The molecule has 1 saturated heterocycles. The van der Waals surface area contributed by atoms with Crippen molar-refractivity contribution in [2.45, 2.75) is 24.7 Å². The van der Waals surface area contributed by atoms with Gasteiger partial charge in [-0.15, -0.1) is 0 Å². The highest BCUT2D eigenvalue weighted by Gasteiger charge is 2.29. The molecule has 1 aliphatic heterocycles. The second kappa shape index (κ2) is 10.3. The number of benzene rings is 3. The lowest BCUT2D eigenvalue weighted by Crippen LogP contribution is -2.37. The molecule has 1 N–H and O–H groups in total. The summed E-state index contributed by atoms with van der Waals surface area (Å²) in [5.41, 5.74) is 0.583. The Hall–Kier alpha value is -3.36. The minimum Gasteiger partial charge on any atom is -0.496 e. The van der Waals surface area contributed by atoms with Crippen molar-refractivity contribution in [1.82, 2.24) is 4.31 Å². The van der Waals surface area contributed by atoms with E-state index in [0.717, 1.165) is 12.8 Å². The Morgan fingerprint density at radius 1 is 0.941 bits per heavy atom. The number of hydrogen-bond donors (Lipinski definition) is 1. The van der Waals surface area contributed by atoms with Crippen LogP contribution in [0.5, 0.6) is 17.2 Å². The van der Waals surface area contributed by atoms with Gasteiger partial charge in [-0.05, 0) is 61.2 Å². The lowest BCUT2D eigenvalue weighted by molar-refractivity contribution is 0.102. The van der Waals surface area contributed by atoms with Crippen LogP contribution in [-0.2, 0) is 10.0 Å². The predicted octanol–water partition coefficient (Wildman–Crippen LogP) is 5.16. The highest BCUT2D eigenvalue weighted by Crippen LogP contribution is 2.32. The highest BCUT2D eigenvalue weighted by molar-refractivity contribution is 7.89. The number of amides is 1. The van der Waals surface area contributed by atoms with Gasteiger partial charge in [-0.1, -0.05) is 37.3 Å². The van der Waals surface area contributed by atoms with Crippen molar-refractivity contribution in [3.8, 4) is 17.2 Å². The molecule has 1 fully saturated rings. The number of nitrogens with zero attached hydrogens (tertiary/aromatic N) is 1. The van der Waals surface area contributed by atoms with Gasteiger partial charge in [0.25, 0.3) is 5.91 Å². The van der Waals surface area contributed by atoms with E-state index in [2.05, 4.69) is 12.2 Å². The fraction of sp³-hybridized carbons (Fsp3) is 0.269. The molecule has 3 aromatic carbocycles. The van der Waals surface area contributed by atoms with Crippen LogP contribution in [0.2, 0.25) is 0 Å². The molecular formula is C26H28N2O5S. The number of hydrogen-bond acceptors (Lipinski definition) is 5. The van der Waals surface area contributed by atoms with Crippen molar-refractivity contribution in [2.75, 3.05) is 25.5 Å². The summed E-state index contributed by atoms with van der Waals surface area (Å²) in [5.74, 6) is 1.38. The van der Waals surface area contributed by atoms with Crippen LogP contribution in [0.1, 0.15) is 30.1 Å². The van der Waals surface area contributed by atoms with Crippen LogP contribution in [0.4, 0.5) is 5.69 Å². The molecule has 1 aliphatic rings. The van der Waals surface area contributed by atoms with E-state index in [0.29, 0.717) is 36.2 Å². The second-order valence-corrected chi connectivity index (χ2v) is 10.3. The first kappa shape index (κ1) is 23.8. The zero-order valence-corrected chi connectivity index (χ0v) is 20.0. The summed E-state index contributed by atoms with van der Waals surface area (Å²) in [5, 5.41) is 2.83. The molecule has 34 heavy (non-hydrogen) atoms. The molecule has 1 amide bonds. The van der Waals surface area contributed by atoms with Crippen molar-refractivity contribution < 1.29 is 22.7 Å². The van der Waals surface area contributed by atoms with Gasteiger partial charge in [-0.3, -0.25) is 4.79 Å². The molecule has 3 aromatic rings. The number of anilines is 1. The zero-order valence-electron chi connectivity index (χ0n) is 19.2. The summed E-state index contributed by atoms with van der Waals surface area (Å²) >= 11 is 0. The number of carbonyl (C=O) groups is 1. The molecule has 0 spiro atoms. The summed E-state index contributed by atoms with van der Waals surface area (Å²) in [4.78, 5) is 13.3. The first-order chi connectivity index (χ1) is 16.4. The van der Waals surface area contributed by atoms with Crippen molar-refractivity contribution in [3.05, 3.63) is 78.4 Å². The number of methoxy groups -OCH3 is 1. The average Bonchev–Trinajstić information content (AvgIpc) is 2.85. The van der Waals surface area contributed by atoms with Gasteiger partial charge >= 0.3 is 0 Å². The van der Waals surface area contributed by atoms with Crippen molar-refractivity contribution >= 4 is 21.6 Å². The maximum absolute atomic E-state index is 13.2. The second-order valence-electron chi connectivity index (χ2n) is 8.31. The molecule has 0 radical (unpaired) electrons. The Labute approximate surface area is 200 Å². The van der Waals surface area contributed by atoms with E-state index in [-0.39, 0.29) is 16.2 Å². The van der Waals surface area contributed by atoms with E-state index in [1.807, 2.05) is 30.3 Å². The van der Waals surface area contributed by atoms with Crippen LogP contribution < -0.4 is 14.8 Å². The summed E-state index contributed by atoms with van der Waals surface area (Å²) < 4.78 is 39.2. The Morgan fingerprint density at radius 2 is 1.62 bits per heavy atom. The van der Waals surface area contributed by atoms with E-state index in [4.69, 9.17) is 9.47 Å². The molecule has 0 bridgehead atoms. The van der Waals surface area contributed by atoms with Gasteiger partial charge in [0, 0.05) is 13.1 Å². The topological polar surface area (TPSA) is 84.9 Å². The van der Waals surface area contributed by atoms with Crippen LogP contribution in [-0.4, -0.2) is 38.8 Å². The predicted molar refractivity (Wildman–Crippen MR) is 131 cm³/mol. The van der Waals surface area contributed by atoms with Crippen LogP contribution >= 0.6 is 0 Å². The summed E-state index contributed by atoms with van der Waals surface area (Å²) in [6, 6.07) is 20.7. The molecular weight excluding hydrogens is 452 g/mol. The van der Waals surface area contributed by atoms with E-state index in [9.17, 15) is 13.2 Å². The fourth-order valence-corrected chi connectivity index (χ4v) is 5.36. The van der Waals surface area contributed by atoms with Crippen LogP contribution in [0.25, 0.3) is 0 Å². The monoisotopic (exact) mass is 480 g/mol. The minimum absolute atomic E-state index is 0.0711. The normalized spacial score (nSPS) is 15.0. The van der Waals surface area contributed by atoms with Crippen molar-refractivity contribution in [3.63, 3.8) is 0 Å². The standard InChI is InChI=1S/C26H28N2O5S/c1-19-14-16-28(17-15-19)34(30,31)21-12-13-24(32-2)22(18-21)26(29)27-23-10-6-7-11-25(23)33-20-8-4-3-5-9-20/h3-13,18-19H,14-17H2,1-2H3,(H,27,29). The van der Waals surface area contributed by atoms with E-state index >= 15 is 0 Å².